The van der Waals surface area contributed by atoms with Gasteiger partial charge in [-0.05, 0) is 6.92 Å². The van der Waals surface area contributed by atoms with E-state index in [-0.39, 0.29) is 31.4 Å². The predicted octanol–water partition coefficient (Wildman–Crippen LogP) is -0.686. The normalized spacial score (nSPS) is 15.5. The maximum absolute atomic E-state index is 11.4. The van der Waals surface area contributed by atoms with Gasteiger partial charge in [0.15, 0.2) is 5.69 Å². The summed E-state index contributed by atoms with van der Waals surface area (Å²) in [5, 5.41) is 2.15. The van der Waals surface area contributed by atoms with E-state index in [0.717, 1.165) is 6.26 Å². The summed E-state index contributed by atoms with van der Waals surface area (Å²) in [6.07, 6.45) is 1.13. The molecule has 0 spiro atoms. The molecule has 1 aromatic heterocycles. The van der Waals surface area contributed by atoms with Gasteiger partial charge in [0.25, 0.3) is 6.01 Å². The molecule has 2 rings (SSSR count). The van der Waals surface area contributed by atoms with Crippen LogP contribution in [-0.2, 0) is 14.3 Å². The second-order valence-electron chi connectivity index (χ2n) is 3.56. The molecule has 0 radical (unpaired) electrons. The molecule has 1 saturated heterocycles. The predicted molar refractivity (Wildman–Crippen MR) is 57.8 cm³/mol. The molecule has 18 heavy (non-hydrogen) atoms. The van der Waals surface area contributed by atoms with Crippen molar-refractivity contribution < 1.29 is 23.5 Å². The molecule has 96 valence electrons. The van der Waals surface area contributed by atoms with Crippen LogP contribution in [0.3, 0.4) is 0 Å². The van der Waals surface area contributed by atoms with Gasteiger partial charge in [0, 0.05) is 0 Å². The number of oxazole rings is 1. The van der Waals surface area contributed by atoms with E-state index >= 15 is 0 Å². The highest BCUT2D eigenvalue weighted by atomic mass is 16.5. The maximum atomic E-state index is 11.4. The maximum Gasteiger partial charge on any atom is 0.360 e. The number of nitrogens with zero attached hydrogens (tertiary/aromatic N) is 2. The highest BCUT2D eigenvalue weighted by Crippen LogP contribution is 2.15. The minimum Gasteiger partial charge on any atom is -0.461 e. The Morgan fingerprint density at radius 1 is 1.50 bits per heavy atom. The van der Waals surface area contributed by atoms with Crippen LogP contribution >= 0.6 is 0 Å². The number of piperazine rings is 1. The van der Waals surface area contributed by atoms with E-state index in [2.05, 4.69) is 10.3 Å². The third kappa shape index (κ3) is 2.47. The van der Waals surface area contributed by atoms with Gasteiger partial charge < -0.3 is 14.1 Å². The fourth-order valence-corrected chi connectivity index (χ4v) is 1.48. The van der Waals surface area contributed by atoms with Gasteiger partial charge in [-0.15, -0.1) is 0 Å². The molecule has 2 amide bonds. The Kier molecular flexibility index (Phi) is 3.26. The minimum atomic E-state index is -0.611. The van der Waals surface area contributed by atoms with Crippen molar-refractivity contribution in [3.63, 3.8) is 0 Å². The van der Waals surface area contributed by atoms with E-state index < -0.39 is 17.8 Å². The smallest absolute Gasteiger partial charge is 0.360 e. The molecule has 0 atom stereocenters. The van der Waals surface area contributed by atoms with E-state index in [1.807, 2.05) is 0 Å². The molecule has 0 bridgehead atoms. The van der Waals surface area contributed by atoms with Crippen molar-refractivity contribution >= 4 is 23.8 Å². The Balaban J connectivity index is 2.12. The number of rotatable bonds is 3. The number of ether oxygens (including phenoxy) is 1. The van der Waals surface area contributed by atoms with Gasteiger partial charge in [-0.3, -0.25) is 14.9 Å². The number of aromatic nitrogens is 1. The topological polar surface area (TPSA) is 102 Å². The highest BCUT2D eigenvalue weighted by molar-refractivity contribution is 6.02. The summed E-state index contributed by atoms with van der Waals surface area (Å²) in [7, 11) is 0. The van der Waals surface area contributed by atoms with Crippen molar-refractivity contribution in [2.75, 3.05) is 24.6 Å². The molecule has 1 aromatic rings. The third-order valence-electron chi connectivity index (χ3n) is 2.19. The summed E-state index contributed by atoms with van der Waals surface area (Å²) in [5.41, 5.74) is 0.00489. The first-order chi connectivity index (χ1) is 8.60. The van der Waals surface area contributed by atoms with Crippen LogP contribution in [0.1, 0.15) is 17.4 Å². The first-order valence-corrected chi connectivity index (χ1v) is 5.30. The molecule has 0 aliphatic carbocycles. The Labute approximate surface area is 102 Å². The Hall–Kier alpha value is -2.38. The summed E-state index contributed by atoms with van der Waals surface area (Å²) in [4.78, 5) is 38.9. The first kappa shape index (κ1) is 12.1. The molecule has 1 N–H and O–H groups in total. The van der Waals surface area contributed by atoms with E-state index in [1.54, 1.807) is 6.92 Å². The number of esters is 1. The number of amides is 2. The fraction of sp³-hybridized carbons (Fsp3) is 0.400. The average molecular weight is 253 g/mol. The van der Waals surface area contributed by atoms with Crippen molar-refractivity contribution in [1.29, 1.82) is 0 Å². The largest absolute Gasteiger partial charge is 0.461 e. The first-order valence-electron chi connectivity index (χ1n) is 5.30. The lowest BCUT2D eigenvalue weighted by Crippen LogP contribution is -2.51. The Bertz CT molecular complexity index is 479. The molecule has 8 heteroatoms. The SMILES string of the molecule is CCOC(=O)c1coc(N2CC(=O)NC(=O)C2)n1. The molecule has 0 unspecified atom stereocenters. The Morgan fingerprint density at radius 2 is 2.17 bits per heavy atom. The van der Waals surface area contributed by atoms with Gasteiger partial charge >= 0.3 is 5.97 Å². The van der Waals surface area contributed by atoms with Crippen molar-refractivity contribution in [2.24, 2.45) is 0 Å². The van der Waals surface area contributed by atoms with Gasteiger partial charge in [0.2, 0.25) is 11.8 Å². The molecular weight excluding hydrogens is 242 g/mol. The van der Waals surface area contributed by atoms with Crippen molar-refractivity contribution in [3.05, 3.63) is 12.0 Å². The van der Waals surface area contributed by atoms with E-state index in [0.29, 0.717) is 0 Å². The number of carbonyl (C=O) groups excluding carboxylic acids is 3. The quantitative estimate of drug-likeness (QED) is 0.562. The van der Waals surface area contributed by atoms with Gasteiger partial charge in [0.1, 0.15) is 19.4 Å². The zero-order valence-electron chi connectivity index (χ0n) is 9.63. The molecule has 0 saturated carbocycles. The number of nitrogens with one attached hydrogen (secondary N) is 1. The van der Waals surface area contributed by atoms with Crippen LogP contribution in [0.4, 0.5) is 6.01 Å². The molecule has 1 fully saturated rings. The van der Waals surface area contributed by atoms with Crippen LogP contribution in [0, 0.1) is 0 Å². The zero-order valence-corrected chi connectivity index (χ0v) is 9.63. The lowest BCUT2D eigenvalue weighted by Gasteiger charge is -2.23. The summed E-state index contributed by atoms with van der Waals surface area (Å²) >= 11 is 0. The van der Waals surface area contributed by atoms with Gasteiger partial charge in [-0.1, -0.05) is 0 Å². The number of carbonyl (C=O) groups is 3. The highest BCUT2D eigenvalue weighted by Gasteiger charge is 2.26. The van der Waals surface area contributed by atoms with Gasteiger partial charge in [-0.2, -0.15) is 4.98 Å². The molecule has 1 aliphatic rings. The van der Waals surface area contributed by atoms with Crippen molar-refractivity contribution in [1.82, 2.24) is 10.3 Å². The average Bonchev–Trinajstić information content (AvgIpc) is 2.77. The monoisotopic (exact) mass is 253 g/mol. The summed E-state index contributed by atoms with van der Waals surface area (Å²) < 4.78 is 9.79. The minimum absolute atomic E-state index is 0.00489. The van der Waals surface area contributed by atoms with E-state index in [4.69, 9.17) is 9.15 Å². The second-order valence-corrected chi connectivity index (χ2v) is 3.56. The van der Waals surface area contributed by atoms with Gasteiger partial charge in [-0.25, -0.2) is 4.79 Å². The number of hydrogen-bond donors (Lipinski definition) is 1. The number of anilines is 1. The molecule has 8 nitrogen and oxygen atoms in total. The lowest BCUT2D eigenvalue weighted by atomic mass is 10.3. The molecule has 0 aromatic carbocycles. The van der Waals surface area contributed by atoms with Crippen LogP contribution < -0.4 is 10.2 Å². The molecule has 2 heterocycles. The molecule has 1 aliphatic heterocycles. The van der Waals surface area contributed by atoms with Crippen molar-refractivity contribution in [2.45, 2.75) is 6.92 Å². The van der Waals surface area contributed by atoms with E-state index in [9.17, 15) is 14.4 Å². The summed E-state index contributed by atoms with van der Waals surface area (Å²) in [5.74, 6) is -1.50. The van der Waals surface area contributed by atoms with Gasteiger partial charge in [0.05, 0.1) is 6.61 Å². The van der Waals surface area contributed by atoms with Crippen LogP contribution in [0.15, 0.2) is 10.7 Å². The van der Waals surface area contributed by atoms with Crippen molar-refractivity contribution in [3.8, 4) is 0 Å². The number of hydrogen-bond acceptors (Lipinski definition) is 7. The zero-order chi connectivity index (χ0) is 13.1. The fourth-order valence-electron chi connectivity index (χ4n) is 1.48. The third-order valence-corrected chi connectivity index (χ3v) is 2.19. The van der Waals surface area contributed by atoms with Crippen LogP contribution in [0.2, 0.25) is 0 Å². The molecular formula is C10H11N3O5. The summed E-state index contributed by atoms with van der Waals surface area (Å²) in [6, 6.07) is 0.0428. The van der Waals surface area contributed by atoms with Crippen LogP contribution in [0.5, 0.6) is 0 Å². The second kappa shape index (κ2) is 4.86. The van der Waals surface area contributed by atoms with Crippen LogP contribution in [-0.4, -0.2) is 42.5 Å². The summed E-state index contributed by atoms with van der Waals surface area (Å²) in [6.45, 7) is 1.81. The van der Waals surface area contributed by atoms with E-state index in [1.165, 1.54) is 4.90 Å². The lowest BCUT2D eigenvalue weighted by molar-refractivity contribution is -0.130. The Morgan fingerprint density at radius 3 is 2.78 bits per heavy atom. The van der Waals surface area contributed by atoms with Crippen LogP contribution in [0.25, 0.3) is 0 Å². The standard InChI is InChI=1S/C10H11N3O5/c1-2-17-9(16)6-5-18-10(11-6)13-3-7(14)12-8(15)4-13/h5H,2-4H2,1H3,(H,12,14,15). The number of imide groups is 1.